The van der Waals surface area contributed by atoms with Crippen LogP contribution in [0.15, 0.2) is 24.3 Å². The van der Waals surface area contributed by atoms with Gasteiger partial charge in [0.15, 0.2) is 0 Å². The van der Waals surface area contributed by atoms with Crippen molar-refractivity contribution in [2.75, 3.05) is 5.73 Å². The maximum atomic E-state index is 6.37. The maximum Gasteiger partial charge on any atom is 0.131 e. The fourth-order valence-electron chi connectivity index (χ4n) is 3.10. The first-order valence-corrected chi connectivity index (χ1v) is 7.17. The van der Waals surface area contributed by atoms with E-state index in [1.54, 1.807) is 0 Å². The van der Waals surface area contributed by atoms with E-state index in [9.17, 15) is 0 Å². The minimum atomic E-state index is 0.471. The molecule has 19 heavy (non-hydrogen) atoms. The lowest BCUT2D eigenvalue weighted by Crippen LogP contribution is -2.16. The van der Waals surface area contributed by atoms with E-state index in [4.69, 9.17) is 10.7 Å². The molecule has 0 bridgehead atoms. The molecule has 3 rings (SSSR count). The summed E-state index contributed by atoms with van der Waals surface area (Å²) in [6.07, 6.45) is 4.46. The largest absolute Gasteiger partial charge is 0.383 e. The molecule has 2 aromatic rings. The number of benzene rings is 1. The van der Waals surface area contributed by atoms with Crippen LogP contribution in [-0.4, -0.2) is 9.55 Å². The Labute approximate surface area is 114 Å². The van der Waals surface area contributed by atoms with Gasteiger partial charge in [-0.15, -0.1) is 0 Å². The molecule has 1 aromatic carbocycles. The van der Waals surface area contributed by atoms with Gasteiger partial charge in [-0.05, 0) is 31.7 Å². The van der Waals surface area contributed by atoms with Crippen LogP contribution in [0.3, 0.4) is 0 Å². The summed E-state index contributed by atoms with van der Waals surface area (Å²) in [7, 11) is 0. The molecule has 1 atom stereocenters. The van der Waals surface area contributed by atoms with E-state index >= 15 is 0 Å². The number of imidazole rings is 1. The highest BCUT2D eigenvalue weighted by Gasteiger charge is 2.23. The third-order valence-electron chi connectivity index (χ3n) is 4.14. The number of nitrogens with two attached hydrogens (primary N) is 1. The van der Waals surface area contributed by atoms with Crippen LogP contribution < -0.4 is 5.73 Å². The molecule has 0 amide bonds. The number of aryl methyl sites for hydroxylation is 2. The van der Waals surface area contributed by atoms with Crippen LogP contribution >= 0.6 is 0 Å². The molecule has 0 saturated carbocycles. The Morgan fingerprint density at radius 3 is 2.89 bits per heavy atom. The van der Waals surface area contributed by atoms with Crippen molar-refractivity contribution in [2.45, 2.75) is 45.6 Å². The van der Waals surface area contributed by atoms with Gasteiger partial charge in [-0.25, -0.2) is 4.98 Å². The second-order valence-electron chi connectivity index (χ2n) is 5.38. The fraction of sp³-hybridized carbons (Fsp3) is 0.438. The lowest BCUT2D eigenvalue weighted by Gasteiger charge is -2.22. The maximum absolute atomic E-state index is 6.37. The van der Waals surface area contributed by atoms with Crippen molar-refractivity contribution in [1.82, 2.24) is 9.55 Å². The van der Waals surface area contributed by atoms with Crippen LogP contribution in [0.4, 0.5) is 5.82 Å². The van der Waals surface area contributed by atoms with Gasteiger partial charge in [0.25, 0.3) is 0 Å². The molecule has 2 heterocycles. The summed E-state index contributed by atoms with van der Waals surface area (Å²) < 4.78 is 2.23. The molecule has 0 radical (unpaired) electrons. The highest BCUT2D eigenvalue weighted by Crippen LogP contribution is 2.35. The minimum Gasteiger partial charge on any atom is -0.383 e. The Morgan fingerprint density at radius 2 is 2.16 bits per heavy atom. The SMILES string of the molecule is CCc1ccccc1-c1nc2n(c1N)C(C)CCC2. The van der Waals surface area contributed by atoms with Gasteiger partial charge in [-0.2, -0.15) is 0 Å². The number of aromatic nitrogens is 2. The van der Waals surface area contributed by atoms with Crippen molar-refractivity contribution in [3.8, 4) is 11.3 Å². The number of rotatable bonds is 2. The number of anilines is 1. The van der Waals surface area contributed by atoms with Crippen LogP contribution in [0.1, 0.15) is 44.1 Å². The predicted octanol–water partition coefficient (Wildman–Crippen LogP) is 3.59. The van der Waals surface area contributed by atoms with Gasteiger partial charge in [-0.1, -0.05) is 31.2 Å². The van der Waals surface area contributed by atoms with Gasteiger partial charge in [0, 0.05) is 18.0 Å². The average molecular weight is 255 g/mol. The number of hydrogen-bond acceptors (Lipinski definition) is 2. The molecule has 0 saturated heterocycles. The molecular formula is C16H21N3. The second-order valence-corrected chi connectivity index (χ2v) is 5.38. The molecule has 3 heteroatoms. The lowest BCUT2D eigenvalue weighted by atomic mass is 10.0. The fourth-order valence-corrected chi connectivity index (χ4v) is 3.10. The summed E-state index contributed by atoms with van der Waals surface area (Å²) in [5, 5.41) is 0. The van der Waals surface area contributed by atoms with E-state index in [1.807, 2.05) is 0 Å². The average Bonchev–Trinajstić information content (AvgIpc) is 2.77. The third-order valence-corrected chi connectivity index (χ3v) is 4.14. The molecule has 1 unspecified atom stereocenters. The van der Waals surface area contributed by atoms with Gasteiger partial charge < -0.3 is 10.3 Å². The van der Waals surface area contributed by atoms with Crippen molar-refractivity contribution >= 4 is 5.82 Å². The van der Waals surface area contributed by atoms with E-state index in [0.717, 1.165) is 30.2 Å². The summed E-state index contributed by atoms with van der Waals surface area (Å²) in [6.45, 7) is 4.41. The normalized spacial score (nSPS) is 18.3. The number of fused-ring (bicyclic) bond motifs is 1. The Morgan fingerprint density at radius 1 is 1.37 bits per heavy atom. The predicted molar refractivity (Wildman–Crippen MR) is 79.1 cm³/mol. The summed E-state index contributed by atoms with van der Waals surface area (Å²) in [4.78, 5) is 4.82. The first kappa shape index (κ1) is 12.3. The number of nitrogen functional groups attached to an aromatic ring is 1. The minimum absolute atomic E-state index is 0.471. The zero-order chi connectivity index (χ0) is 13.4. The van der Waals surface area contributed by atoms with Crippen LogP contribution in [0.25, 0.3) is 11.3 Å². The van der Waals surface area contributed by atoms with Crippen LogP contribution in [0, 0.1) is 0 Å². The van der Waals surface area contributed by atoms with E-state index in [1.165, 1.54) is 24.0 Å². The first-order chi connectivity index (χ1) is 9.22. The standard InChI is InChI=1S/C16H21N3/c1-3-12-8-4-5-9-13(12)15-16(17)19-11(2)7-6-10-14(19)18-15/h4-5,8-9,11H,3,6-7,10,17H2,1-2H3. The molecule has 3 nitrogen and oxygen atoms in total. The Balaban J connectivity index is 2.16. The highest BCUT2D eigenvalue weighted by molar-refractivity contribution is 5.74. The molecule has 1 aromatic heterocycles. The van der Waals surface area contributed by atoms with Crippen LogP contribution in [0.5, 0.6) is 0 Å². The van der Waals surface area contributed by atoms with E-state index in [0.29, 0.717) is 6.04 Å². The van der Waals surface area contributed by atoms with E-state index < -0.39 is 0 Å². The van der Waals surface area contributed by atoms with Crippen LogP contribution in [0.2, 0.25) is 0 Å². The Bertz CT molecular complexity index is 598. The topological polar surface area (TPSA) is 43.8 Å². The second kappa shape index (κ2) is 4.72. The van der Waals surface area contributed by atoms with Gasteiger partial charge in [0.1, 0.15) is 17.3 Å². The molecule has 0 fully saturated rings. The third kappa shape index (κ3) is 1.93. The zero-order valence-electron chi connectivity index (χ0n) is 11.7. The molecule has 0 aliphatic carbocycles. The molecule has 2 N–H and O–H groups in total. The molecule has 100 valence electrons. The summed E-state index contributed by atoms with van der Waals surface area (Å²) in [5.41, 5.74) is 9.85. The molecular weight excluding hydrogens is 234 g/mol. The van der Waals surface area contributed by atoms with E-state index in [2.05, 4.69) is 42.7 Å². The van der Waals surface area contributed by atoms with Crippen LogP contribution in [-0.2, 0) is 12.8 Å². The van der Waals surface area contributed by atoms with Gasteiger partial charge in [0.05, 0.1) is 0 Å². The van der Waals surface area contributed by atoms with Gasteiger partial charge in [-0.3, -0.25) is 0 Å². The summed E-state index contributed by atoms with van der Waals surface area (Å²) >= 11 is 0. The smallest absolute Gasteiger partial charge is 0.131 e. The van der Waals surface area contributed by atoms with Crippen molar-refractivity contribution in [3.63, 3.8) is 0 Å². The van der Waals surface area contributed by atoms with Gasteiger partial charge in [0.2, 0.25) is 0 Å². The van der Waals surface area contributed by atoms with Gasteiger partial charge >= 0.3 is 0 Å². The Kier molecular flexibility index (Phi) is 3.05. The molecule has 0 spiro atoms. The van der Waals surface area contributed by atoms with Crippen molar-refractivity contribution in [3.05, 3.63) is 35.7 Å². The zero-order valence-corrected chi connectivity index (χ0v) is 11.7. The summed E-state index contributed by atoms with van der Waals surface area (Å²) in [5.74, 6) is 1.99. The Hall–Kier alpha value is -1.77. The lowest BCUT2D eigenvalue weighted by molar-refractivity contribution is 0.430. The van der Waals surface area contributed by atoms with Crippen molar-refractivity contribution in [2.24, 2.45) is 0 Å². The van der Waals surface area contributed by atoms with Crippen molar-refractivity contribution < 1.29 is 0 Å². The highest BCUT2D eigenvalue weighted by atomic mass is 15.2. The molecule has 1 aliphatic heterocycles. The van der Waals surface area contributed by atoms with Crippen molar-refractivity contribution in [1.29, 1.82) is 0 Å². The quantitative estimate of drug-likeness (QED) is 0.891. The first-order valence-electron chi connectivity index (χ1n) is 7.17. The number of nitrogens with zero attached hydrogens (tertiary/aromatic N) is 2. The number of hydrogen-bond donors (Lipinski definition) is 1. The molecule has 1 aliphatic rings. The summed E-state index contributed by atoms with van der Waals surface area (Å²) in [6, 6.07) is 8.91. The van der Waals surface area contributed by atoms with E-state index in [-0.39, 0.29) is 0 Å². The monoisotopic (exact) mass is 255 g/mol.